The molecule has 0 N–H and O–H groups in total. The van der Waals surface area contributed by atoms with E-state index < -0.39 is 4.92 Å². The number of nitro groups is 1. The van der Waals surface area contributed by atoms with E-state index in [1.54, 1.807) is 10.6 Å². The highest BCUT2D eigenvalue weighted by Crippen LogP contribution is 2.34. The summed E-state index contributed by atoms with van der Waals surface area (Å²) in [6.07, 6.45) is 2.74. The maximum absolute atomic E-state index is 11.8. The Labute approximate surface area is 154 Å². The van der Waals surface area contributed by atoms with E-state index in [9.17, 15) is 10.1 Å². The Morgan fingerprint density at radius 3 is 2.63 bits per heavy atom. The van der Waals surface area contributed by atoms with Crippen molar-refractivity contribution in [3.8, 4) is 17.4 Å². The Kier molecular flexibility index (Phi) is 4.00. The molecule has 27 heavy (non-hydrogen) atoms. The molecule has 0 amide bonds. The number of ether oxygens (including phenoxy) is 1. The molecule has 0 saturated heterocycles. The Morgan fingerprint density at radius 2 is 1.85 bits per heavy atom. The molecule has 0 atom stereocenters. The molecule has 0 unspecified atom stereocenters. The molecular formula is C19H15N5O3. The monoisotopic (exact) mass is 361 g/mol. The van der Waals surface area contributed by atoms with Gasteiger partial charge in [0.1, 0.15) is 18.4 Å². The lowest BCUT2D eigenvalue weighted by Gasteiger charge is -2.10. The van der Waals surface area contributed by atoms with Crippen LogP contribution in [-0.4, -0.2) is 24.4 Å². The predicted molar refractivity (Wildman–Crippen MR) is 99.3 cm³/mol. The van der Waals surface area contributed by atoms with Crippen molar-refractivity contribution in [1.82, 2.24) is 19.5 Å². The Balaban J connectivity index is 1.85. The minimum Gasteiger partial charge on any atom is -0.434 e. The van der Waals surface area contributed by atoms with Crippen LogP contribution in [0.5, 0.6) is 11.6 Å². The smallest absolute Gasteiger partial charge is 0.374 e. The summed E-state index contributed by atoms with van der Waals surface area (Å²) in [7, 11) is 0. The van der Waals surface area contributed by atoms with Gasteiger partial charge in [0.25, 0.3) is 0 Å². The number of aromatic nitrogens is 4. The van der Waals surface area contributed by atoms with Gasteiger partial charge in [0, 0.05) is 0 Å². The summed E-state index contributed by atoms with van der Waals surface area (Å²) in [6.45, 7) is 3.92. The molecule has 2 heterocycles. The average Bonchev–Trinajstić information content (AvgIpc) is 3.08. The highest BCUT2D eigenvalue weighted by molar-refractivity contribution is 5.78. The third kappa shape index (κ3) is 2.97. The average molecular weight is 361 g/mol. The molecule has 2 aromatic carbocycles. The zero-order valence-corrected chi connectivity index (χ0v) is 14.7. The zero-order valence-electron chi connectivity index (χ0n) is 14.7. The van der Waals surface area contributed by atoms with Crippen molar-refractivity contribution in [3.63, 3.8) is 0 Å². The maximum atomic E-state index is 11.8. The second-order valence-corrected chi connectivity index (χ2v) is 6.06. The summed E-state index contributed by atoms with van der Waals surface area (Å²) in [6, 6.07) is 12.8. The number of nitrogens with zero attached hydrogens (tertiary/aromatic N) is 5. The molecular weight excluding hydrogens is 346 g/mol. The van der Waals surface area contributed by atoms with Crippen molar-refractivity contribution in [2.45, 2.75) is 13.8 Å². The summed E-state index contributed by atoms with van der Waals surface area (Å²) >= 11 is 0. The molecule has 2 aromatic heterocycles. The minimum absolute atomic E-state index is 0.0996. The van der Waals surface area contributed by atoms with Crippen LogP contribution in [0.25, 0.3) is 16.9 Å². The Hall–Kier alpha value is -3.81. The zero-order chi connectivity index (χ0) is 19.0. The van der Waals surface area contributed by atoms with Gasteiger partial charge in [0.15, 0.2) is 0 Å². The fourth-order valence-corrected chi connectivity index (χ4v) is 2.78. The van der Waals surface area contributed by atoms with Crippen LogP contribution in [0.3, 0.4) is 0 Å². The SMILES string of the molecule is Cc1ccc(Oc2ncnc(-n3cnc4ccccc43)c2[N+](=O)[O-])cc1C. The van der Waals surface area contributed by atoms with Gasteiger partial charge in [-0.15, -0.1) is 0 Å². The number of imidazole rings is 1. The number of hydrogen-bond donors (Lipinski definition) is 0. The summed E-state index contributed by atoms with van der Waals surface area (Å²) in [5.74, 6) is 0.454. The summed E-state index contributed by atoms with van der Waals surface area (Å²) in [5, 5.41) is 11.8. The molecule has 0 radical (unpaired) electrons. The number of aryl methyl sites for hydroxylation is 2. The van der Waals surface area contributed by atoms with Crippen LogP contribution in [0.15, 0.2) is 55.1 Å². The first kappa shape index (κ1) is 16.6. The van der Waals surface area contributed by atoms with Gasteiger partial charge < -0.3 is 4.74 Å². The van der Waals surface area contributed by atoms with Crippen LogP contribution in [0.1, 0.15) is 11.1 Å². The molecule has 0 bridgehead atoms. The van der Waals surface area contributed by atoms with Crippen molar-refractivity contribution in [1.29, 1.82) is 0 Å². The van der Waals surface area contributed by atoms with E-state index in [-0.39, 0.29) is 17.4 Å². The van der Waals surface area contributed by atoms with E-state index in [2.05, 4.69) is 15.0 Å². The largest absolute Gasteiger partial charge is 0.434 e. The van der Waals surface area contributed by atoms with E-state index in [0.717, 1.165) is 11.1 Å². The van der Waals surface area contributed by atoms with Crippen LogP contribution >= 0.6 is 0 Å². The van der Waals surface area contributed by atoms with E-state index in [1.807, 2.05) is 50.2 Å². The number of rotatable bonds is 4. The van der Waals surface area contributed by atoms with E-state index in [0.29, 0.717) is 16.8 Å². The lowest BCUT2D eigenvalue weighted by atomic mass is 10.1. The van der Waals surface area contributed by atoms with Crippen molar-refractivity contribution < 1.29 is 9.66 Å². The third-order valence-corrected chi connectivity index (χ3v) is 4.33. The standard InChI is InChI=1S/C19H15N5O3/c1-12-7-8-14(9-13(12)2)27-19-17(24(25)26)18(20-10-21-19)23-11-22-15-5-3-4-6-16(15)23/h3-11H,1-2H3. The molecule has 0 aliphatic heterocycles. The first-order chi connectivity index (χ1) is 13.0. The van der Waals surface area contributed by atoms with E-state index in [4.69, 9.17) is 4.74 Å². The van der Waals surface area contributed by atoms with Crippen LogP contribution < -0.4 is 4.74 Å². The molecule has 8 heteroatoms. The van der Waals surface area contributed by atoms with Crippen molar-refractivity contribution in [3.05, 3.63) is 76.4 Å². The van der Waals surface area contributed by atoms with Gasteiger partial charge in [-0.25, -0.2) is 9.97 Å². The fourth-order valence-electron chi connectivity index (χ4n) is 2.78. The van der Waals surface area contributed by atoms with Gasteiger partial charge >= 0.3 is 11.6 Å². The summed E-state index contributed by atoms with van der Waals surface area (Å²) in [4.78, 5) is 23.6. The highest BCUT2D eigenvalue weighted by atomic mass is 16.6. The number of para-hydroxylation sites is 2. The van der Waals surface area contributed by atoms with Crippen molar-refractivity contribution in [2.24, 2.45) is 0 Å². The molecule has 0 fully saturated rings. The van der Waals surface area contributed by atoms with E-state index >= 15 is 0 Å². The molecule has 134 valence electrons. The van der Waals surface area contributed by atoms with Crippen LogP contribution in [0.4, 0.5) is 5.69 Å². The van der Waals surface area contributed by atoms with Gasteiger partial charge in [-0.2, -0.15) is 4.98 Å². The molecule has 0 aliphatic carbocycles. The second kappa shape index (κ2) is 6.49. The summed E-state index contributed by atoms with van der Waals surface area (Å²) in [5.41, 5.74) is 3.22. The summed E-state index contributed by atoms with van der Waals surface area (Å²) < 4.78 is 7.29. The minimum atomic E-state index is -0.541. The van der Waals surface area contributed by atoms with E-state index in [1.165, 1.54) is 12.7 Å². The number of fused-ring (bicyclic) bond motifs is 1. The van der Waals surface area contributed by atoms with Crippen LogP contribution in [-0.2, 0) is 0 Å². The first-order valence-corrected chi connectivity index (χ1v) is 8.21. The predicted octanol–water partition coefficient (Wildman–Crippen LogP) is 4.13. The van der Waals surface area contributed by atoms with Gasteiger partial charge in [0.05, 0.1) is 16.0 Å². The first-order valence-electron chi connectivity index (χ1n) is 8.21. The second-order valence-electron chi connectivity index (χ2n) is 6.06. The molecule has 0 saturated carbocycles. The Bertz CT molecular complexity index is 1170. The third-order valence-electron chi connectivity index (χ3n) is 4.33. The van der Waals surface area contributed by atoms with Gasteiger partial charge in [-0.3, -0.25) is 14.7 Å². The molecule has 8 nitrogen and oxygen atoms in total. The van der Waals surface area contributed by atoms with Crippen LogP contribution in [0.2, 0.25) is 0 Å². The van der Waals surface area contributed by atoms with Crippen molar-refractivity contribution >= 4 is 16.7 Å². The number of benzene rings is 2. The number of hydrogen-bond acceptors (Lipinski definition) is 6. The molecule has 4 aromatic rings. The highest BCUT2D eigenvalue weighted by Gasteiger charge is 2.27. The molecule has 4 rings (SSSR count). The topological polar surface area (TPSA) is 96.0 Å². The quantitative estimate of drug-likeness (QED) is 0.400. The normalized spacial score (nSPS) is 10.9. The van der Waals surface area contributed by atoms with Crippen molar-refractivity contribution in [2.75, 3.05) is 0 Å². The van der Waals surface area contributed by atoms with Gasteiger partial charge in [0.2, 0.25) is 5.82 Å². The Morgan fingerprint density at radius 1 is 1.04 bits per heavy atom. The molecule has 0 aliphatic rings. The lowest BCUT2D eigenvalue weighted by molar-refractivity contribution is -0.386. The molecule has 0 spiro atoms. The lowest BCUT2D eigenvalue weighted by Crippen LogP contribution is -2.05. The fraction of sp³-hybridized carbons (Fsp3) is 0.105. The maximum Gasteiger partial charge on any atom is 0.374 e. The van der Waals surface area contributed by atoms with Crippen LogP contribution in [0, 0.1) is 24.0 Å². The van der Waals surface area contributed by atoms with Gasteiger partial charge in [-0.1, -0.05) is 18.2 Å². The van der Waals surface area contributed by atoms with Gasteiger partial charge in [-0.05, 0) is 49.2 Å².